The lowest BCUT2D eigenvalue weighted by Gasteiger charge is -2.24. The monoisotopic (exact) mass is 292 g/mol. The average molecular weight is 292 g/mol. The van der Waals surface area contributed by atoms with Crippen molar-refractivity contribution in [2.45, 2.75) is 39.5 Å². The molecular formula is C16H24N2O3. The van der Waals surface area contributed by atoms with Crippen molar-refractivity contribution in [3.05, 3.63) is 30.1 Å². The van der Waals surface area contributed by atoms with Crippen LogP contribution in [0.2, 0.25) is 0 Å². The fourth-order valence-corrected chi connectivity index (χ4v) is 2.09. The SMILES string of the molecule is CCCCCCN(CC(C)C(=O)O)C(=O)c1ccncc1. The van der Waals surface area contributed by atoms with Gasteiger partial charge >= 0.3 is 5.97 Å². The molecule has 0 aliphatic carbocycles. The van der Waals surface area contributed by atoms with E-state index < -0.39 is 11.9 Å². The van der Waals surface area contributed by atoms with Crippen molar-refractivity contribution in [3.8, 4) is 0 Å². The van der Waals surface area contributed by atoms with Crippen LogP contribution in [-0.4, -0.2) is 40.0 Å². The van der Waals surface area contributed by atoms with Gasteiger partial charge < -0.3 is 10.0 Å². The van der Waals surface area contributed by atoms with Gasteiger partial charge in [-0.05, 0) is 18.6 Å². The summed E-state index contributed by atoms with van der Waals surface area (Å²) in [5.41, 5.74) is 0.554. The molecule has 0 spiro atoms. The number of aromatic nitrogens is 1. The fraction of sp³-hybridized carbons (Fsp3) is 0.562. The molecule has 1 N–H and O–H groups in total. The highest BCUT2D eigenvalue weighted by atomic mass is 16.4. The Hall–Kier alpha value is -1.91. The molecule has 1 atom stereocenters. The summed E-state index contributed by atoms with van der Waals surface area (Å²) in [7, 11) is 0. The van der Waals surface area contributed by atoms with E-state index in [0.29, 0.717) is 12.1 Å². The number of pyridine rings is 1. The zero-order valence-corrected chi connectivity index (χ0v) is 12.8. The molecule has 5 nitrogen and oxygen atoms in total. The van der Waals surface area contributed by atoms with Gasteiger partial charge in [-0.1, -0.05) is 33.1 Å². The van der Waals surface area contributed by atoms with E-state index in [4.69, 9.17) is 5.11 Å². The lowest BCUT2D eigenvalue weighted by Crippen LogP contribution is -2.37. The lowest BCUT2D eigenvalue weighted by molar-refractivity contribution is -0.141. The van der Waals surface area contributed by atoms with E-state index in [1.165, 1.54) is 0 Å². The summed E-state index contributed by atoms with van der Waals surface area (Å²) in [6.07, 6.45) is 7.36. The molecule has 0 aromatic carbocycles. The van der Waals surface area contributed by atoms with Crippen molar-refractivity contribution < 1.29 is 14.7 Å². The maximum atomic E-state index is 12.5. The number of hydrogen-bond acceptors (Lipinski definition) is 3. The minimum atomic E-state index is -0.879. The van der Waals surface area contributed by atoms with Crippen LogP contribution in [0.1, 0.15) is 49.9 Å². The molecule has 1 aromatic rings. The summed E-state index contributed by atoms with van der Waals surface area (Å²) in [5, 5.41) is 9.04. The van der Waals surface area contributed by atoms with Gasteiger partial charge in [-0.15, -0.1) is 0 Å². The zero-order valence-electron chi connectivity index (χ0n) is 12.8. The van der Waals surface area contributed by atoms with Crippen molar-refractivity contribution in [1.82, 2.24) is 9.88 Å². The average Bonchev–Trinajstić information content (AvgIpc) is 2.50. The third kappa shape index (κ3) is 5.94. The highest BCUT2D eigenvalue weighted by Crippen LogP contribution is 2.10. The molecule has 0 aliphatic rings. The Morgan fingerprint density at radius 1 is 1.24 bits per heavy atom. The van der Waals surface area contributed by atoms with Gasteiger partial charge in [0, 0.05) is 31.0 Å². The third-order valence-electron chi connectivity index (χ3n) is 3.41. The van der Waals surface area contributed by atoms with Crippen LogP contribution in [0.25, 0.3) is 0 Å². The normalized spacial score (nSPS) is 11.9. The van der Waals surface area contributed by atoms with Gasteiger partial charge in [0.15, 0.2) is 0 Å². The van der Waals surface area contributed by atoms with E-state index in [0.717, 1.165) is 25.7 Å². The van der Waals surface area contributed by atoms with Gasteiger partial charge in [-0.2, -0.15) is 0 Å². The molecule has 1 unspecified atom stereocenters. The summed E-state index contributed by atoms with van der Waals surface area (Å²) in [4.78, 5) is 29.0. The second-order valence-corrected chi connectivity index (χ2v) is 5.29. The predicted octanol–water partition coefficient (Wildman–Crippen LogP) is 2.82. The molecule has 1 rings (SSSR count). The third-order valence-corrected chi connectivity index (χ3v) is 3.41. The number of carboxylic acids is 1. The highest BCUT2D eigenvalue weighted by molar-refractivity contribution is 5.94. The van der Waals surface area contributed by atoms with E-state index in [2.05, 4.69) is 11.9 Å². The van der Waals surface area contributed by atoms with E-state index in [1.807, 2.05) is 0 Å². The van der Waals surface area contributed by atoms with Crippen LogP contribution >= 0.6 is 0 Å². The van der Waals surface area contributed by atoms with Crippen LogP contribution < -0.4 is 0 Å². The molecule has 1 aromatic heterocycles. The topological polar surface area (TPSA) is 70.5 Å². The van der Waals surface area contributed by atoms with Crippen LogP contribution in [0.5, 0.6) is 0 Å². The smallest absolute Gasteiger partial charge is 0.308 e. The number of rotatable bonds is 9. The van der Waals surface area contributed by atoms with E-state index in [9.17, 15) is 9.59 Å². The van der Waals surface area contributed by atoms with Crippen molar-refractivity contribution in [2.24, 2.45) is 5.92 Å². The standard InChI is InChI=1S/C16H24N2O3/c1-3-4-5-6-11-18(12-13(2)16(20)21)15(19)14-7-9-17-10-8-14/h7-10,13H,3-6,11-12H2,1-2H3,(H,20,21). The second-order valence-electron chi connectivity index (χ2n) is 5.29. The van der Waals surface area contributed by atoms with Gasteiger partial charge in [0.2, 0.25) is 0 Å². The second kappa shape index (κ2) is 9.10. The van der Waals surface area contributed by atoms with Gasteiger partial charge in [-0.25, -0.2) is 0 Å². The Morgan fingerprint density at radius 2 is 1.90 bits per heavy atom. The quantitative estimate of drug-likeness (QED) is 0.710. The highest BCUT2D eigenvalue weighted by Gasteiger charge is 2.21. The molecule has 1 amide bonds. The Morgan fingerprint density at radius 3 is 2.48 bits per heavy atom. The number of hydrogen-bond donors (Lipinski definition) is 1. The van der Waals surface area contributed by atoms with Crippen molar-refractivity contribution in [2.75, 3.05) is 13.1 Å². The summed E-state index contributed by atoms with van der Waals surface area (Å²) < 4.78 is 0. The zero-order chi connectivity index (χ0) is 15.7. The summed E-state index contributed by atoms with van der Waals surface area (Å²) in [6.45, 7) is 4.59. The number of nitrogens with zero attached hydrogens (tertiary/aromatic N) is 2. The lowest BCUT2D eigenvalue weighted by atomic mass is 10.1. The molecule has 0 fully saturated rings. The largest absolute Gasteiger partial charge is 0.481 e. The first-order valence-corrected chi connectivity index (χ1v) is 7.48. The molecule has 0 saturated carbocycles. The molecular weight excluding hydrogens is 268 g/mol. The van der Waals surface area contributed by atoms with Crippen LogP contribution in [0.4, 0.5) is 0 Å². The molecule has 21 heavy (non-hydrogen) atoms. The van der Waals surface area contributed by atoms with Crippen LogP contribution in [0, 0.1) is 5.92 Å². The molecule has 116 valence electrons. The Bertz CT molecular complexity index is 448. The fourth-order valence-electron chi connectivity index (χ4n) is 2.09. The Labute approximate surface area is 126 Å². The van der Waals surface area contributed by atoms with Crippen LogP contribution in [0.15, 0.2) is 24.5 Å². The van der Waals surface area contributed by atoms with Crippen molar-refractivity contribution in [1.29, 1.82) is 0 Å². The molecule has 0 saturated heterocycles. The number of carboxylic acid groups (broad SMARTS) is 1. The van der Waals surface area contributed by atoms with Crippen molar-refractivity contribution in [3.63, 3.8) is 0 Å². The number of carbonyl (C=O) groups is 2. The molecule has 0 bridgehead atoms. The minimum absolute atomic E-state index is 0.123. The van der Waals surface area contributed by atoms with E-state index in [1.54, 1.807) is 36.4 Å². The molecule has 5 heteroatoms. The van der Waals surface area contributed by atoms with E-state index >= 15 is 0 Å². The number of amides is 1. The molecule has 1 heterocycles. The first-order chi connectivity index (χ1) is 10.1. The first kappa shape index (κ1) is 17.1. The van der Waals surface area contributed by atoms with Crippen LogP contribution in [0.3, 0.4) is 0 Å². The predicted molar refractivity (Wildman–Crippen MR) is 81.1 cm³/mol. The van der Waals surface area contributed by atoms with Gasteiger partial charge in [0.1, 0.15) is 0 Å². The minimum Gasteiger partial charge on any atom is -0.481 e. The maximum absolute atomic E-state index is 12.5. The van der Waals surface area contributed by atoms with Crippen LogP contribution in [-0.2, 0) is 4.79 Å². The Kier molecular flexibility index (Phi) is 7.43. The van der Waals surface area contributed by atoms with Gasteiger partial charge in [-0.3, -0.25) is 14.6 Å². The maximum Gasteiger partial charge on any atom is 0.308 e. The number of carbonyl (C=O) groups excluding carboxylic acids is 1. The number of unbranched alkanes of at least 4 members (excludes halogenated alkanes) is 3. The van der Waals surface area contributed by atoms with Gasteiger partial charge in [0.25, 0.3) is 5.91 Å². The summed E-state index contributed by atoms with van der Waals surface area (Å²) >= 11 is 0. The summed E-state index contributed by atoms with van der Waals surface area (Å²) in [6, 6.07) is 3.32. The van der Waals surface area contributed by atoms with Crippen molar-refractivity contribution >= 4 is 11.9 Å². The first-order valence-electron chi connectivity index (χ1n) is 7.48. The van der Waals surface area contributed by atoms with Gasteiger partial charge in [0.05, 0.1) is 5.92 Å². The number of aliphatic carboxylic acids is 1. The molecule has 0 aliphatic heterocycles. The van der Waals surface area contributed by atoms with E-state index in [-0.39, 0.29) is 12.5 Å². The molecule has 0 radical (unpaired) electrons. The Balaban J connectivity index is 2.70. The summed E-state index contributed by atoms with van der Waals surface area (Å²) in [5.74, 6) is -1.57.